The van der Waals surface area contributed by atoms with E-state index in [4.69, 9.17) is 0 Å². The highest BCUT2D eigenvalue weighted by molar-refractivity contribution is 5.85. The van der Waals surface area contributed by atoms with Gasteiger partial charge in [0.1, 0.15) is 0 Å². The molecule has 1 saturated carbocycles. The van der Waals surface area contributed by atoms with Crippen LogP contribution in [0.2, 0.25) is 0 Å². The highest BCUT2D eigenvalue weighted by Gasteiger charge is 2.37. The van der Waals surface area contributed by atoms with E-state index in [9.17, 15) is 14.9 Å². The zero-order chi connectivity index (χ0) is 17.0. The van der Waals surface area contributed by atoms with Crippen LogP contribution in [-0.4, -0.2) is 35.9 Å². The summed E-state index contributed by atoms with van der Waals surface area (Å²) in [7, 11) is 3.89. The van der Waals surface area contributed by atoms with Gasteiger partial charge in [0, 0.05) is 30.6 Å². The van der Waals surface area contributed by atoms with Gasteiger partial charge in [-0.1, -0.05) is 31.0 Å². The fourth-order valence-electron chi connectivity index (χ4n) is 3.77. The van der Waals surface area contributed by atoms with E-state index in [0.29, 0.717) is 0 Å². The summed E-state index contributed by atoms with van der Waals surface area (Å²) < 4.78 is 0. The molecule has 2 rings (SSSR count). The van der Waals surface area contributed by atoms with Crippen molar-refractivity contribution in [3.8, 4) is 0 Å². The van der Waals surface area contributed by atoms with Gasteiger partial charge in [-0.25, -0.2) is 0 Å². The number of nitro groups is 1. The van der Waals surface area contributed by atoms with Crippen LogP contribution in [0.5, 0.6) is 0 Å². The van der Waals surface area contributed by atoms with Crippen molar-refractivity contribution in [2.45, 2.75) is 44.7 Å². The molecule has 0 spiro atoms. The van der Waals surface area contributed by atoms with Crippen molar-refractivity contribution in [3.05, 3.63) is 39.9 Å². The van der Waals surface area contributed by atoms with Gasteiger partial charge in [-0.15, -0.1) is 12.4 Å². The Labute approximate surface area is 149 Å². The summed E-state index contributed by atoms with van der Waals surface area (Å²) in [6.45, 7) is 1.53. The second-order valence-electron chi connectivity index (χ2n) is 6.48. The molecule has 3 atom stereocenters. The standard InChI is InChI=1S/C17H25N3O3.ClH/c1-12(21)18-15-10-6-4-8-13(15)17(19(2)3)14-9-5-7-11-16(14)20(22)23;/h5,7,9,11,13,15,17H,4,6,8,10H2,1-3H3,(H,18,21);1H. The third-order valence-corrected chi connectivity index (χ3v) is 4.62. The first kappa shape index (κ1) is 20.4. The Bertz CT molecular complexity index is 580. The molecule has 0 aliphatic heterocycles. The van der Waals surface area contributed by atoms with E-state index < -0.39 is 0 Å². The first-order valence-corrected chi connectivity index (χ1v) is 8.08. The molecule has 0 aromatic heterocycles. The Kier molecular flexibility index (Phi) is 7.63. The fraction of sp³-hybridized carbons (Fsp3) is 0.588. The quantitative estimate of drug-likeness (QED) is 0.649. The Balaban J connectivity index is 0.00000288. The Hall–Kier alpha value is -1.66. The molecule has 0 heterocycles. The highest BCUT2D eigenvalue weighted by Crippen LogP contribution is 2.40. The first-order chi connectivity index (χ1) is 10.9. The van der Waals surface area contributed by atoms with Crippen LogP contribution in [0.1, 0.15) is 44.2 Å². The van der Waals surface area contributed by atoms with Gasteiger partial charge >= 0.3 is 0 Å². The molecular formula is C17H26ClN3O3. The maximum atomic E-state index is 11.5. The van der Waals surface area contributed by atoms with E-state index in [1.54, 1.807) is 12.1 Å². The lowest BCUT2D eigenvalue weighted by atomic mass is 9.76. The fourth-order valence-corrected chi connectivity index (χ4v) is 3.77. The molecular weight excluding hydrogens is 330 g/mol. The molecule has 1 amide bonds. The van der Waals surface area contributed by atoms with Crippen LogP contribution in [0.25, 0.3) is 0 Å². The minimum absolute atomic E-state index is 0. The predicted molar refractivity (Wildman–Crippen MR) is 96.3 cm³/mol. The molecule has 134 valence electrons. The van der Waals surface area contributed by atoms with Crippen LogP contribution in [0.4, 0.5) is 5.69 Å². The lowest BCUT2D eigenvalue weighted by molar-refractivity contribution is -0.386. The Morgan fingerprint density at radius 2 is 1.92 bits per heavy atom. The summed E-state index contributed by atoms with van der Waals surface area (Å²) in [5, 5.41) is 14.5. The number of carbonyl (C=O) groups is 1. The molecule has 1 aromatic rings. The van der Waals surface area contributed by atoms with E-state index in [2.05, 4.69) is 5.32 Å². The van der Waals surface area contributed by atoms with Crippen LogP contribution < -0.4 is 5.32 Å². The summed E-state index contributed by atoms with van der Waals surface area (Å²) in [6, 6.07) is 6.90. The lowest BCUT2D eigenvalue weighted by Gasteiger charge is -2.40. The Morgan fingerprint density at radius 1 is 1.29 bits per heavy atom. The number of para-hydroxylation sites is 1. The zero-order valence-corrected chi connectivity index (χ0v) is 15.2. The highest BCUT2D eigenvalue weighted by atomic mass is 35.5. The number of amides is 1. The van der Waals surface area contributed by atoms with Gasteiger partial charge in [0.05, 0.1) is 4.92 Å². The molecule has 1 N–H and O–H groups in total. The maximum absolute atomic E-state index is 11.5. The molecule has 1 aromatic carbocycles. The lowest BCUT2D eigenvalue weighted by Crippen LogP contribution is -2.46. The number of nitrogens with zero attached hydrogens (tertiary/aromatic N) is 2. The molecule has 1 fully saturated rings. The third kappa shape index (κ3) is 4.68. The van der Waals surface area contributed by atoms with Crippen molar-refractivity contribution in [2.24, 2.45) is 5.92 Å². The van der Waals surface area contributed by atoms with Crippen molar-refractivity contribution in [1.82, 2.24) is 10.2 Å². The summed E-state index contributed by atoms with van der Waals surface area (Å²) >= 11 is 0. The van der Waals surface area contributed by atoms with Gasteiger partial charge in [0.15, 0.2) is 0 Å². The normalized spacial score (nSPS) is 21.7. The molecule has 24 heavy (non-hydrogen) atoms. The van der Waals surface area contributed by atoms with Crippen molar-refractivity contribution in [2.75, 3.05) is 14.1 Å². The molecule has 3 unspecified atom stereocenters. The minimum atomic E-state index is -0.317. The number of rotatable bonds is 5. The van der Waals surface area contributed by atoms with E-state index in [1.807, 2.05) is 31.1 Å². The van der Waals surface area contributed by atoms with Crippen LogP contribution in [0.3, 0.4) is 0 Å². The molecule has 0 bridgehead atoms. The van der Waals surface area contributed by atoms with Crippen LogP contribution >= 0.6 is 12.4 Å². The van der Waals surface area contributed by atoms with Gasteiger partial charge in [-0.2, -0.15) is 0 Å². The van der Waals surface area contributed by atoms with Crippen molar-refractivity contribution in [3.63, 3.8) is 0 Å². The van der Waals surface area contributed by atoms with Crippen LogP contribution in [0.15, 0.2) is 24.3 Å². The van der Waals surface area contributed by atoms with E-state index >= 15 is 0 Å². The Morgan fingerprint density at radius 3 is 2.50 bits per heavy atom. The van der Waals surface area contributed by atoms with Gasteiger partial charge < -0.3 is 10.2 Å². The monoisotopic (exact) mass is 355 g/mol. The molecule has 1 aliphatic carbocycles. The van der Waals surface area contributed by atoms with E-state index in [0.717, 1.165) is 31.2 Å². The molecule has 0 radical (unpaired) electrons. The summed E-state index contributed by atoms with van der Waals surface area (Å²) in [6.07, 6.45) is 4.05. The smallest absolute Gasteiger partial charge is 0.274 e. The van der Waals surface area contributed by atoms with Gasteiger partial charge in [0.25, 0.3) is 5.69 Å². The summed E-state index contributed by atoms with van der Waals surface area (Å²) in [4.78, 5) is 24.7. The minimum Gasteiger partial charge on any atom is -0.353 e. The second kappa shape index (κ2) is 8.99. The van der Waals surface area contributed by atoms with Gasteiger partial charge in [-0.3, -0.25) is 14.9 Å². The average Bonchev–Trinajstić information content (AvgIpc) is 2.48. The van der Waals surface area contributed by atoms with E-state index in [-0.39, 0.29) is 46.9 Å². The number of hydrogen-bond donors (Lipinski definition) is 1. The summed E-state index contributed by atoms with van der Waals surface area (Å²) in [5.74, 6) is 0.130. The second-order valence-corrected chi connectivity index (χ2v) is 6.48. The largest absolute Gasteiger partial charge is 0.353 e. The topological polar surface area (TPSA) is 75.5 Å². The van der Waals surface area contributed by atoms with Crippen molar-refractivity contribution in [1.29, 1.82) is 0 Å². The first-order valence-electron chi connectivity index (χ1n) is 8.08. The van der Waals surface area contributed by atoms with Crippen LogP contribution in [-0.2, 0) is 4.79 Å². The van der Waals surface area contributed by atoms with Gasteiger partial charge in [-0.05, 0) is 32.9 Å². The molecule has 0 saturated heterocycles. The van der Waals surface area contributed by atoms with Gasteiger partial charge in [0.2, 0.25) is 5.91 Å². The molecule has 6 nitrogen and oxygen atoms in total. The predicted octanol–water partition coefficient (Wildman–Crippen LogP) is 3.31. The molecule has 1 aliphatic rings. The van der Waals surface area contributed by atoms with Crippen LogP contribution in [0, 0.1) is 16.0 Å². The van der Waals surface area contributed by atoms with E-state index in [1.165, 1.54) is 6.92 Å². The SMILES string of the molecule is CC(=O)NC1CCCCC1C(c1ccccc1[N+](=O)[O-])N(C)C.Cl. The third-order valence-electron chi connectivity index (χ3n) is 4.62. The number of carbonyl (C=O) groups excluding carboxylic acids is 1. The number of nitrogens with one attached hydrogen (secondary N) is 1. The van der Waals surface area contributed by atoms with Crippen molar-refractivity contribution >= 4 is 24.0 Å². The summed E-state index contributed by atoms with van der Waals surface area (Å²) in [5.41, 5.74) is 0.878. The molecule has 7 heteroatoms. The number of hydrogen-bond acceptors (Lipinski definition) is 4. The number of nitro benzene ring substituents is 1. The van der Waals surface area contributed by atoms with Crippen molar-refractivity contribution < 1.29 is 9.72 Å². The number of halogens is 1. The zero-order valence-electron chi connectivity index (χ0n) is 14.4. The number of benzene rings is 1. The maximum Gasteiger partial charge on any atom is 0.274 e. The average molecular weight is 356 g/mol.